The zero-order valence-corrected chi connectivity index (χ0v) is 32.0. The maximum Gasteiger partial charge on any atom is 0.357 e. The minimum atomic E-state index is -0.843. The number of hydrogen-bond donors (Lipinski definition) is 2. The Hall–Kier alpha value is -5.11. The van der Waals surface area contributed by atoms with Gasteiger partial charge in [-0.2, -0.15) is 0 Å². The number of amides is 1. The van der Waals surface area contributed by atoms with Crippen LogP contribution < -0.4 is 5.73 Å². The van der Waals surface area contributed by atoms with Crippen molar-refractivity contribution in [1.29, 1.82) is 0 Å². The number of esters is 1. The van der Waals surface area contributed by atoms with Crippen molar-refractivity contribution < 1.29 is 19.1 Å². The van der Waals surface area contributed by atoms with Crippen molar-refractivity contribution in [3.8, 4) is 0 Å². The van der Waals surface area contributed by atoms with Crippen molar-refractivity contribution in [1.82, 2.24) is 20.3 Å². The Morgan fingerprint density at radius 3 is 1.76 bits per heavy atom. The van der Waals surface area contributed by atoms with Crippen LogP contribution in [0.3, 0.4) is 0 Å². The number of benzene rings is 5. The van der Waals surface area contributed by atoms with Gasteiger partial charge in [0.1, 0.15) is 16.2 Å². The first-order chi connectivity index (χ1) is 27.1. The molecule has 0 aliphatic carbocycles. The fourth-order valence-electron chi connectivity index (χ4n) is 7.15. The lowest BCUT2D eigenvalue weighted by Gasteiger charge is -2.48. The third-order valence-corrected chi connectivity index (χ3v) is 13.9. The molecule has 3 atom stereocenters. The van der Waals surface area contributed by atoms with Crippen molar-refractivity contribution in [2.24, 2.45) is 5.73 Å². The number of β-lactam (4-membered cyclic amide) rings is 1. The predicted molar refractivity (Wildman–Crippen MR) is 217 cm³/mol. The number of aromatic nitrogens is 3. The molecule has 12 heteroatoms. The van der Waals surface area contributed by atoms with E-state index in [-0.39, 0.29) is 30.1 Å². The second-order valence-electron chi connectivity index (χ2n) is 12.8. The van der Waals surface area contributed by atoms with Gasteiger partial charge in [0.25, 0.3) is 0 Å². The second-order valence-corrected chi connectivity index (χ2v) is 16.6. The quantitative estimate of drug-likeness (QED) is 0.0369. The minimum Gasteiger partial charge on any atom is -0.448 e. The molecule has 5 aromatic carbocycles. The lowest BCUT2D eigenvalue weighted by molar-refractivity contribution is -0.152. The third kappa shape index (κ3) is 7.36. The molecule has 276 valence electrons. The van der Waals surface area contributed by atoms with Crippen LogP contribution in [-0.2, 0) is 24.5 Å². The number of ether oxygens (including phenoxy) is 2. The van der Waals surface area contributed by atoms with Gasteiger partial charge in [0.05, 0.1) is 39.6 Å². The van der Waals surface area contributed by atoms with Gasteiger partial charge in [-0.3, -0.25) is 14.8 Å². The van der Waals surface area contributed by atoms with E-state index >= 15 is 0 Å². The van der Waals surface area contributed by atoms with Crippen molar-refractivity contribution in [2.45, 2.75) is 38.4 Å². The molecule has 0 saturated carbocycles. The van der Waals surface area contributed by atoms with Crippen LogP contribution in [0.25, 0.3) is 0 Å². The van der Waals surface area contributed by atoms with Crippen LogP contribution in [0, 0.1) is 0 Å². The Morgan fingerprint density at radius 1 is 0.800 bits per heavy atom. The summed E-state index contributed by atoms with van der Waals surface area (Å²) >= 11 is 4.45. The summed E-state index contributed by atoms with van der Waals surface area (Å²) in [5.74, 6) is -0.787. The van der Waals surface area contributed by atoms with E-state index in [4.69, 9.17) is 15.2 Å². The molecule has 1 aromatic heterocycles. The molecule has 3 N–H and O–H groups in total. The lowest BCUT2D eigenvalue weighted by Crippen LogP contribution is -2.56. The van der Waals surface area contributed by atoms with E-state index in [1.54, 1.807) is 11.1 Å². The summed E-state index contributed by atoms with van der Waals surface area (Å²) in [5.41, 5.74) is 9.44. The largest absolute Gasteiger partial charge is 0.448 e. The molecule has 1 fully saturated rings. The maximum absolute atomic E-state index is 15.0. The van der Waals surface area contributed by atoms with Gasteiger partial charge in [-0.1, -0.05) is 180 Å². The molecular formula is C43H37N5O4S3. The van der Waals surface area contributed by atoms with Crippen molar-refractivity contribution in [2.75, 3.05) is 6.73 Å². The zero-order valence-electron chi connectivity index (χ0n) is 29.5. The molecule has 3 heterocycles. The molecule has 8 rings (SSSR count). The van der Waals surface area contributed by atoms with Crippen LogP contribution >= 0.6 is 35.3 Å². The summed E-state index contributed by atoms with van der Waals surface area (Å²) in [4.78, 5) is 30.7. The van der Waals surface area contributed by atoms with Gasteiger partial charge in [-0.15, -0.1) is 16.9 Å². The van der Waals surface area contributed by atoms with E-state index in [1.807, 2.05) is 115 Å². The number of H-pyrrole nitrogens is 1. The van der Waals surface area contributed by atoms with Crippen LogP contribution in [-0.4, -0.2) is 54.3 Å². The van der Waals surface area contributed by atoms with Crippen LogP contribution in [0.5, 0.6) is 0 Å². The topological polar surface area (TPSA) is 123 Å². The fraction of sp³-hybridized carbons (Fsp3) is 0.163. The summed E-state index contributed by atoms with van der Waals surface area (Å²) < 4.78 is 12.3. The second kappa shape index (κ2) is 16.7. The smallest absolute Gasteiger partial charge is 0.357 e. The molecule has 55 heavy (non-hydrogen) atoms. The van der Waals surface area contributed by atoms with Gasteiger partial charge in [-0.25, -0.2) is 4.79 Å². The summed E-state index contributed by atoms with van der Waals surface area (Å²) in [5, 5.41) is 11.7. The number of nitrogens with one attached hydrogen (secondary N) is 1. The predicted octanol–water partition coefficient (Wildman–Crippen LogP) is 8.10. The Balaban J connectivity index is 1.34. The summed E-state index contributed by atoms with van der Waals surface area (Å²) in [6.07, 6.45) is 1.30. The highest BCUT2D eigenvalue weighted by Gasteiger charge is 2.53. The molecule has 9 nitrogen and oxygen atoms in total. The number of aromatic amines is 1. The molecule has 0 radical (unpaired) electrons. The number of rotatable bonds is 14. The van der Waals surface area contributed by atoms with Gasteiger partial charge in [0.2, 0.25) is 5.91 Å². The summed E-state index contributed by atoms with van der Waals surface area (Å²) in [6.45, 7) is -0.0936. The number of hydrogen-bond acceptors (Lipinski definition) is 10. The van der Waals surface area contributed by atoms with Crippen LogP contribution in [0.4, 0.5) is 0 Å². The monoisotopic (exact) mass is 783 g/mol. The van der Waals surface area contributed by atoms with E-state index < -0.39 is 27.5 Å². The van der Waals surface area contributed by atoms with Crippen LogP contribution in [0.15, 0.2) is 173 Å². The van der Waals surface area contributed by atoms with E-state index in [0.29, 0.717) is 9.93 Å². The van der Waals surface area contributed by atoms with E-state index in [2.05, 4.69) is 51.8 Å². The van der Waals surface area contributed by atoms with Crippen molar-refractivity contribution in [3.05, 3.63) is 196 Å². The standard InChI is InChI=1S/C43H37N5O4S3/c44-28-51-41-39(37(48-35(49)26-36(48)54-41)40(50)52-38(29-16-6-1-7-17-29)30-18-8-2-9-19-30)55-42(53-34-27-45-47-46-34)43(31-20-10-3-11-21-31,32-22-12-4-13-23-32)33-24-14-5-15-25-33/h1-25,27,36,38,41-42H,26,28,44H2,(H,45,46,47)/t36-,41?,42?/m1/s1. The molecule has 2 unspecified atom stereocenters. The van der Waals surface area contributed by atoms with Crippen molar-refractivity contribution in [3.63, 3.8) is 0 Å². The van der Waals surface area contributed by atoms with E-state index in [1.165, 1.54) is 35.3 Å². The Labute approximate surface area is 332 Å². The average Bonchev–Trinajstić information content (AvgIpc) is 3.76. The Kier molecular flexibility index (Phi) is 11.2. The third-order valence-electron chi connectivity index (χ3n) is 9.64. The van der Waals surface area contributed by atoms with E-state index in [9.17, 15) is 9.59 Å². The molecule has 2 aliphatic heterocycles. The molecule has 1 saturated heterocycles. The number of fused-ring (bicyclic) bond motifs is 1. The first-order valence-electron chi connectivity index (χ1n) is 17.8. The summed E-state index contributed by atoms with van der Waals surface area (Å²) in [6, 6.07) is 50.2. The Morgan fingerprint density at radius 2 is 1.31 bits per heavy atom. The first-order valence-corrected chi connectivity index (χ1v) is 20.5. The zero-order chi connectivity index (χ0) is 37.6. The maximum atomic E-state index is 15.0. The van der Waals surface area contributed by atoms with Gasteiger partial charge < -0.3 is 15.2 Å². The number of thioether (sulfide) groups is 3. The van der Waals surface area contributed by atoms with Gasteiger partial charge in [0, 0.05) is 0 Å². The minimum absolute atomic E-state index is 0.0936. The highest BCUT2D eigenvalue weighted by atomic mass is 32.2. The van der Waals surface area contributed by atoms with Gasteiger partial charge in [-0.05, 0) is 27.8 Å². The highest BCUT2D eigenvalue weighted by molar-refractivity contribution is 8.19. The van der Waals surface area contributed by atoms with Crippen LogP contribution in [0.2, 0.25) is 0 Å². The Bertz CT molecular complexity index is 2100. The normalized spacial score (nSPS) is 17.4. The molecule has 0 spiro atoms. The van der Waals surface area contributed by atoms with Crippen LogP contribution in [0.1, 0.15) is 40.3 Å². The van der Waals surface area contributed by atoms with Gasteiger partial charge in [0.15, 0.2) is 6.10 Å². The lowest BCUT2D eigenvalue weighted by atomic mass is 9.70. The van der Waals surface area contributed by atoms with E-state index in [0.717, 1.165) is 27.8 Å². The SMILES string of the molecule is NCOC1S[C@@H]2CC(=O)N2C(C(=O)OC(c2ccccc2)c2ccccc2)=C1SC(Sc1c[nH]nn1)C(c1ccccc1)(c1ccccc1)c1ccccc1. The number of nitrogens with zero attached hydrogens (tertiary/aromatic N) is 3. The average molecular weight is 784 g/mol. The number of nitrogens with two attached hydrogens (primary N) is 1. The number of carbonyl (C=O) groups excluding carboxylic acids is 2. The molecule has 1 amide bonds. The van der Waals surface area contributed by atoms with Crippen molar-refractivity contribution >= 4 is 47.2 Å². The molecule has 2 aliphatic rings. The molecule has 6 aromatic rings. The molecular weight excluding hydrogens is 747 g/mol. The number of carbonyl (C=O) groups is 2. The fourth-order valence-corrected chi connectivity index (χ4v) is 11.8. The first kappa shape index (κ1) is 36.8. The molecule has 0 bridgehead atoms. The highest BCUT2D eigenvalue weighted by Crippen LogP contribution is 2.57. The summed E-state index contributed by atoms with van der Waals surface area (Å²) in [7, 11) is 0. The van der Waals surface area contributed by atoms with Gasteiger partial charge >= 0.3 is 5.97 Å².